The van der Waals surface area contributed by atoms with Crippen molar-refractivity contribution in [2.24, 2.45) is 0 Å². The molecule has 0 bridgehead atoms. The molecule has 0 saturated heterocycles. The molecule has 0 aliphatic carbocycles. The predicted octanol–water partition coefficient (Wildman–Crippen LogP) is 2.20. The minimum absolute atomic E-state index is 0.0610. The van der Waals surface area contributed by atoms with E-state index in [0.717, 1.165) is 10.9 Å². The van der Waals surface area contributed by atoms with Crippen LogP contribution in [0.25, 0.3) is 10.9 Å². The zero-order chi connectivity index (χ0) is 13.0. The second-order valence-electron chi connectivity index (χ2n) is 3.67. The number of alkyl halides is 1. The Morgan fingerprint density at radius 1 is 1.44 bits per heavy atom. The van der Waals surface area contributed by atoms with Crippen molar-refractivity contribution in [3.63, 3.8) is 0 Å². The van der Waals surface area contributed by atoms with Crippen LogP contribution in [0.1, 0.15) is 0 Å². The number of hydrogen-bond donors (Lipinski definition) is 0. The smallest absolute Gasteiger partial charge is 0.271 e. The first-order chi connectivity index (χ1) is 8.72. The Morgan fingerprint density at radius 2 is 2.28 bits per heavy atom. The average molecular weight is 270 g/mol. The summed E-state index contributed by atoms with van der Waals surface area (Å²) in [7, 11) is 0. The van der Waals surface area contributed by atoms with Gasteiger partial charge in [0.05, 0.1) is 36.4 Å². The van der Waals surface area contributed by atoms with E-state index in [4.69, 9.17) is 16.3 Å². The molecule has 1 heterocycles. The number of nitro groups is 1. The molecule has 0 aliphatic heterocycles. The zero-order valence-electron chi connectivity index (χ0n) is 9.58. The largest absolute Gasteiger partial charge is 0.378 e. The molecule has 6 nitrogen and oxygen atoms in total. The average Bonchev–Trinajstić information content (AvgIpc) is 2.77. The lowest BCUT2D eigenvalue weighted by Gasteiger charge is -2.04. The first kappa shape index (κ1) is 12.8. The molecule has 0 aliphatic rings. The van der Waals surface area contributed by atoms with Gasteiger partial charge in [-0.3, -0.25) is 14.8 Å². The molecule has 0 saturated carbocycles. The van der Waals surface area contributed by atoms with Gasteiger partial charge in [-0.2, -0.15) is 5.10 Å². The number of aromatic nitrogens is 2. The third-order valence-electron chi connectivity index (χ3n) is 2.51. The summed E-state index contributed by atoms with van der Waals surface area (Å²) < 4.78 is 6.95. The van der Waals surface area contributed by atoms with Crippen molar-refractivity contribution < 1.29 is 9.66 Å². The minimum Gasteiger partial charge on any atom is -0.378 e. The molecule has 18 heavy (non-hydrogen) atoms. The maximum absolute atomic E-state index is 10.7. The number of hydrogen-bond acceptors (Lipinski definition) is 4. The molecule has 0 radical (unpaired) electrons. The standard InChI is InChI=1S/C11H12ClN3O3/c12-3-5-18-6-4-14-11-7-10(15(16)17)2-1-9(11)8-13-14/h1-2,7-8H,3-6H2. The number of fused-ring (bicyclic) bond motifs is 1. The number of rotatable bonds is 6. The molecule has 2 rings (SSSR count). The Labute approximate surface area is 108 Å². The van der Waals surface area contributed by atoms with Crippen molar-refractivity contribution in [2.45, 2.75) is 6.54 Å². The third kappa shape index (κ3) is 2.77. The van der Waals surface area contributed by atoms with E-state index in [1.54, 1.807) is 16.9 Å². The van der Waals surface area contributed by atoms with Crippen LogP contribution in [0.15, 0.2) is 24.4 Å². The lowest BCUT2D eigenvalue weighted by molar-refractivity contribution is -0.384. The molecule has 2 aromatic rings. The van der Waals surface area contributed by atoms with Gasteiger partial charge in [0.25, 0.3) is 5.69 Å². The summed E-state index contributed by atoms with van der Waals surface area (Å²) in [6, 6.07) is 4.68. The van der Waals surface area contributed by atoms with Gasteiger partial charge in [-0.25, -0.2) is 0 Å². The fourth-order valence-electron chi connectivity index (χ4n) is 1.66. The summed E-state index contributed by atoms with van der Waals surface area (Å²) in [5.74, 6) is 0.450. The van der Waals surface area contributed by atoms with Crippen molar-refractivity contribution in [2.75, 3.05) is 19.1 Å². The number of nitrogens with zero attached hydrogens (tertiary/aromatic N) is 3. The second-order valence-corrected chi connectivity index (χ2v) is 4.05. The van der Waals surface area contributed by atoms with Crippen molar-refractivity contribution in [1.82, 2.24) is 9.78 Å². The van der Waals surface area contributed by atoms with Gasteiger partial charge in [0.1, 0.15) is 0 Å². The van der Waals surface area contributed by atoms with E-state index >= 15 is 0 Å². The van der Waals surface area contributed by atoms with E-state index < -0.39 is 4.92 Å². The van der Waals surface area contributed by atoms with E-state index in [1.165, 1.54) is 12.1 Å². The first-order valence-corrected chi connectivity index (χ1v) is 5.99. The van der Waals surface area contributed by atoms with Crippen LogP contribution in [0.4, 0.5) is 5.69 Å². The van der Waals surface area contributed by atoms with Crippen LogP contribution in [-0.2, 0) is 11.3 Å². The fraction of sp³-hybridized carbons (Fsp3) is 0.364. The minimum atomic E-state index is -0.416. The maximum Gasteiger partial charge on any atom is 0.271 e. The Hall–Kier alpha value is -1.66. The van der Waals surface area contributed by atoms with Crippen molar-refractivity contribution in [3.8, 4) is 0 Å². The molecular weight excluding hydrogens is 258 g/mol. The van der Waals surface area contributed by atoms with Crippen LogP contribution >= 0.6 is 11.6 Å². The molecule has 0 atom stereocenters. The van der Waals surface area contributed by atoms with Gasteiger partial charge in [-0.05, 0) is 6.07 Å². The summed E-state index contributed by atoms with van der Waals surface area (Å²) in [4.78, 5) is 10.3. The number of non-ortho nitro benzene ring substituents is 1. The van der Waals surface area contributed by atoms with Gasteiger partial charge in [-0.1, -0.05) is 0 Å². The molecule has 0 fully saturated rings. The van der Waals surface area contributed by atoms with Crippen molar-refractivity contribution in [1.29, 1.82) is 0 Å². The van der Waals surface area contributed by atoms with Gasteiger partial charge in [0, 0.05) is 23.4 Å². The molecule has 0 amide bonds. The highest BCUT2D eigenvalue weighted by atomic mass is 35.5. The van der Waals surface area contributed by atoms with E-state index in [-0.39, 0.29) is 5.69 Å². The van der Waals surface area contributed by atoms with E-state index in [0.29, 0.717) is 25.6 Å². The van der Waals surface area contributed by atoms with Gasteiger partial charge in [-0.15, -0.1) is 11.6 Å². The van der Waals surface area contributed by atoms with Crippen molar-refractivity contribution in [3.05, 3.63) is 34.5 Å². The maximum atomic E-state index is 10.7. The summed E-state index contributed by atoms with van der Waals surface area (Å²) >= 11 is 5.49. The number of halogens is 1. The molecule has 0 N–H and O–H groups in total. The Balaban J connectivity index is 2.17. The molecule has 0 unspecified atom stereocenters. The molecule has 7 heteroatoms. The van der Waals surface area contributed by atoms with Crippen LogP contribution in [0, 0.1) is 10.1 Å². The number of nitro benzene ring substituents is 1. The van der Waals surface area contributed by atoms with Gasteiger partial charge in [0.15, 0.2) is 0 Å². The van der Waals surface area contributed by atoms with Gasteiger partial charge < -0.3 is 4.74 Å². The number of ether oxygens (including phenoxy) is 1. The van der Waals surface area contributed by atoms with Crippen LogP contribution in [0.3, 0.4) is 0 Å². The zero-order valence-corrected chi connectivity index (χ0v) is 10.3. The van der Waals surface area contributed by atoms with Crippen molar-refractivity contribution >= 4 is 28.2 Å². The van der Waals surface area contributed by atoms with Gasteiger partial charge >= 0.3 is 0 Å². The molecular formula is C11H12ClN3O3. The molecule has 1 aromatic heterocycles. The number of benzene rings is 1. The lowest BCUT2D eigenvalue weighted by atomic mass is 10.2. The Bertz CT molecular complexity index is 555. The summed E-state index contributed by atoms with van der Waals surface area (Å²) in [6.07, 6.45) is 1.68. The summed E-state index contributed by atoms with van der Waals surface area (Å²) in [6.45, 7) is 1.51. The normalized spacial score (nSPS) is 10.9. The Kier molecular flexibility index (Phi) is 4.11. The van der Waals surface area contributed by atoms with Crippen LogP contribution in [0.2, 0.25) is 0 Å². The van der Waals surface area contributed by atoms with E-state index in [9.17, 15) is 10.1 Å². The highest BCUT2D eigenvalue weighted by Crippen LogP contribution is 2.20. The fourth-order valence-corrected chi connectivity index (χ4v) is 1.77. The topological polar surface area (TPSA) is 70.2 Å². The third-order valence-corrected chi connectivity index (χ3v) is 2.66. The van der Waals surface area contributed by atoms with Crippen LogP contribution in [0.5, 0.6) is 0 Å². The SMILES string of the molecule is O=[N+]([O-])c1ccc2cnn(CCOCCCl)c2c1. The lowest BCUT2D eigenvalue weighted by Crippen LogP contribution is -2.08. The van der Waals surface area contributed by atoms with E-state index in [1.807, 2.05) is 0 Å². The van der Waals surface area contributed by atoms with Crippen LogP contribution in [-0.4, -0.2) is 33.8 Å². The second kappa shape index (κ2) is 5.79. The molecule has 0 spiro atoms. The summed E-state index contributed by atoms with van der Waals surface area (Å²) in [5.41, 5.74) is 0.796. The Morgan fingerprint density at radius 3 is 3.00 bits per heavy atom. The first-order valence-electron chi connectivity index (χ1n) is 5.46. The molecule has 96 valence electrons. The quantitative estimate of drug-likeness (QED) is 0.349. The van der Waals surface area contributed by atoms with E-state index in [2.05, 4.69) is 5.10 Å². The monoisotopic (exact) mass is 269 g/mol. The van der Waals surface area contributed by atoms with Crippen LogP contribution < -0.4 is 0 Å². The highest BCUT2D eigenvalue weighted by Gasteiger charge is 2.09. The predicted molar refractivity (Wildman–Crippen MR) is 67.9 cm³/mol. The van der Waals surface area contributed by atoms with Gasteiger partial charge in [0.2, 0.25) is 0 Å². The highest BCUT2D eigenvalue weighted by molar-refractivity contribution is 6.17. The summed E-state index contributed by atoms with van der Waals surface area (Å²) in [5, 5.41) is 15.8. The molecule has 1 aromatic carbocycles.